The number of nitriles is 1. The number of carbonyl (C=O) groups is 6. The van der Waals surface area contributed by atoms with Crippen molar-refractivity contribution in [2.24, 2.45) is 26.6 Å². The molecule has 5 N–H and O–H groups in total. The average Bonchev–Trinajstić information content (AvgIpc) is 0.827. The van der Waals surface area contributed by atoms with Crippen LogP contribution in [0.25, 0.3) is 34.2 Å². The van der Waals surface area contributed by atoms with Crippen molar-refractivity contribution in [2.75, 3.05) is 10.6 Å². The van der Waals surface area contributed by atoms with Gasteiger partial charge in [-0.15, -0.1) is 15.3 Å². The largest absolute Gasteiger partial charge is 0.457 e. The predicted molar refractivity (Wildman–Crippen MR) is 374 cm³/mol. The number of aromatic nitrogens is 15. The maximum atomic E-state index is 15.0. The van der Waals surface area contributed by atoms with Crippen LogP contribution < -0.4 is 26.6 Å². The number of alkyl halides is 5. The van der Waals surface area contributed by atoms with Crippen LogP contribution in [0, 0.1) is 22.6 Å². The van der Waals surface area contributed by atoms with Crippen LogP contribution in [0.5, 0.6) is 0 Å². The van der Waals surface area contributed by atoms with Crippen LogP contribution in [-0.4, -0.2) is 139 Å². The molecule has 9 aromatic heterocycles. The third kappa shape index (κ3) is 15.4. The number of anilines is 2. The second-order valence-electron chi connectivity index (χ2n) is 27.8. The SMILES string of the molecule is C[C@@H](OC(=O)Cc1c(-c2ncc(C(=O)NC34CC(F)(C3)C4)cc2F)nnn1C)c1cccnc1Cl.C[C@@H](OC(=O)Nc1c(-c2ccc(C(=O)NC34CC(C#N)(C3)C4)c(Cl)n2)nnn1C)c1cccnc1Cl.C[C@@H](OC(=O)Nc1c(-c2ccc(C(=O)NC34CC(F)(C3)C4)c(C(F)(F)F)n2)nnn1C)c1cccnc1Cl. The minimum Gasteiger partial charge on any atom is -0.457 e. The van der Waals surface area contributed by atoms with Crippen molar-refractivity contribution < 1.29 is 69.3 Å². The minimum atomic E-state index is -4.99. The highest BCUT2D eigenvalue weighted by Crippen LogP contribution is 2.67. The Morgan fingerprint density at radius 2 is 0.972 bits per heavy atom. The Hall–Kier alpha value is -11.0. The van der Waals surface area contributed by atoms with Crippen molar-refractivity contribution in [1.29, 1.82) is 5.26 Å². The lowest BCUT2D eigenvalue weighted by atomic mass is 9.40. The molecule has 0 saturated heterocycles. The second kappa shape index (κ2) is 28.8. The first kappa shape index (κ1) is 76.2. The van der Waals surface area contributed by atoms with Gasteiger partial charge >= 0.3 is 24.3 Å². The van der Waals surface area contributed by atoms with Crippen LogP contribution in [0.3, 0.4) is 0 Å². The third-order valence-electron chi connectivity index (χ3n) is 19.6. The molecule has 9 heterocycles. The second-order valence-corrected chi connectivity index (χ2v) is 29.2. The summed E-state index contributed by atoms with van der Waals surface area (Å²) in [6.45, 7) is 4.89. The van der Waals surface area contributed by atoms with Gasteiger partial charge in [0.2, 0.25) is 0 Å². The molecule has 9 aromatic rings. The molecule has 6 bridgehead atoms. The molecule has 9 aliphatic rings. The topological polar surface area (TPSA) is 384 Å². The van der Waals surface area contributed by atoms with Gasteiger partial charge in [-0.2, -0.15) is 18.4 Å². The van der Waals surface area contributed by atoms with E-state index in [0.717, 1.165) is 22.9 Å². The summed E-state index contributed by atoms with van der Waals surface area (Å²) in [7, 11) is 4.55. The Balaban J connectivity index is 0.000000144. The Labute approximate surface area is 633 Å². The zero-order valence-corrected chi connectivity index (χ0v) is 61.1. The van der Waals surface area contributed by atoms with Gasteiger partial charge in [-0.05, 0) is 88.6 Å². The summed E-state index contributed by atoms with van der Waals surface area (Å²) < 4.78 is 104. The molecule has 9 saturated carbocycles. The molecule has 0 aromatic carbocycles. The number of hydrogen-bond acceptors (Lipinski definition) is 22. The number of nitrogens with one attached hydrogen (secondary N) is 5. The highest BCUT2D eigenvalue weighted by atomic mass is 35.5. The molecule has 0 radical (unpaired) electrons. The number of carbonyl (C=O) groups excluding carboxylic acids is 6. The Bertz CT molecular complexity index is 5170. The van der Waals surface area contributed by atoms with E-state index in [4.69, 9.17) is 65.9 Å². The molecule has 566 valence electrons. The number of ether oxygens (including phenoxy) is 3. The molecule has 9 aliphatic carbocycles. The van der Waals surface area contributed by atoms with E-state index in [1.54, 1.807) is 83.5 Å². The van der Waals surface area contributed by atoms with Crippen molar-refractivity contribution >= 4 is 93.9 Å². The number of halogens is 10. The van der Waals surface area contributed by atoms with Crippen LogP contribution >= 0.6 is 46.4 Å². The van der Waals surface area contributed by atoms with Gasteiger partial charge in [0.15, 0.2) is 34.5 Å². The van der Waals surface area contributed by atoms with Gasteiger partial charge in [-0.1, -0.05) is 80.2 Å². The molecule has 40 heteroatoms. The fourth-order valence-electron chi connectivity index (χ4n) is 14.4. The summed E-state index contributed by atoms with van der Waals surface area (Å²) in [6, 6.07) is 18.6. The Morgan fingerprint density at radius 1 is 0.550 bits per heavy atom. The number of rotatable bonds is 19. The van der Waals surface area contributed by atoms with E-state index in [1.165, 1.54) is 41.1 Å². The molecule has 0 aliphatic heterocycles. The number of esters is 1. The Kier molecular flexibility index (Phi) is 20.2. The van der Waals surface area contributed by atoms with Crippen molar-refractivity contribution in [3.63, 3.8) is 0 Å². The smallest absolute Gasteiger partial charge is 0.434 e. The van der Waals surface area contributed by atoms with E-state index in [-0.39, 0.29) is 139 Å². The van der Waals surface area contributed by atoms with Crippen molar-refractivity contribution in [3.05, 3.63) is 163 Å². The first-order chi connectivity index (χ1) is 51.5. The lowest BCUT2D eigenvalue weighted by Crippen LogP contribution is -2.76. The first-order valence-electron chi connectivity index (χ1n) is 33.3. The maximum Gasteiger partial charge on any atom is 0.434 e. The lowest BCUT2D eigenvalue weighted by molar-refractivity contribution is -0.163. The van der Waals surface area contributed by atoms with E-state index in [1.807, 2.05) is 0 Å². The summed E-state index contributed by atoms with van der Waals surface area (Å²) in [5.74, 6) is -3.15. The van der Waals surface area contributed by atoms with E-state index in [0.29, 0.717) is 41.6 Å². The minimum absolute atomic E-state index is 0.0101. The van der Waals surface area contributed by atoms with Crippen molar-refractivity contribution in [2.45, 2.75) is 137 Å². The average molecular weight is 1580 g/mol. The molecule has 0 unspecified atom stereocenters. The van der Waals surface area contributed by atoms with E-state index < -0.39 is 93.9 Å². The summed E-state index contributed by atoms with van der Waals surface area (Å²) >= 11 is 24.5. The molecular weight excluding hydrogens is 1520 g/mol. The van der Waals surface area contributed by atoms with Crippen LogP contribution in [-0.2, 0) is 52.7 Å². The highest BCUT2D eigenvalue weighted by molar-refractivity contribution is 6.33. The van der Waals surface area contributed by atoms with E-state index in [9.17, 15) is 55.1 Å². The van der Waals surface area contributed by atoms with Crippen LogP contribution in [0.4, 0.5) is 47.6 Å². The zero-order chi connectivity index (χ0) is 78.1. The normalized spacial score (nSPS) is 22.7. The Morgan fingerprint density at radius 3 is 1.41 bits per heavy atom. The molecule has 9 fully saturated rings. The van der Waals surface area contributed by atoms with Crippen LogP contribution in [0.15, 0.2) is 91.5 Å². The molecule has 3 atom stereocenters. The standard InChI is InChI=1S/C23H20Cl2N8O3.C23H20ClF4N7O3.C23H21ClF2N6O3/c1-12(13-4-3-7-27-17(13)24)36-21(35)29-19-16(31-32-33(19)2)15-6-5-14(18(25)28-15)20(34)30-23-8-22(9-23,10-23)11-26;1-11(12-4-3-7-29-17(12)24)38-20(37)31-18-15(33-34-35(18)2)14-6-5-13(16(30-14)23(26,27)28)19(36)32-22-8-21(25,9-22)10-22;1-12(14-4-3-5-27-20(14)24)35-17(33)7-16-19(30-31-32(16)2)18-15(25)6-13(8-28-18)21(34)29-23-9-22(26,10-23)11-23/h3-7,12H,8-10H2,1-2H3,(H,29,35)(H,30,34);3-7,11H,8-10H2,1-2H3,(H,31,37)(H,32,36);3-6,8,12H,7,9-11H2,1-2H3,(H,29,34)/t12-,22?,23?;11-,21?,22?;12-,22?,23?/m111/s1. The van der Waals surface area contributed by atoms with Gasteiger partial charge in [0.25, 0.3) is 17.7 Å². The number of hydrogen-bond donors (Lipinski definition) is 5. The number of aryl methyl sites for hydroxylation is 3. The van der Waals surface area contributed by atoms with Gasteiger partial charge in [-0.3, -0.25) is 39.5 Å². The summed E-state index contributed by atoms with van der Waals surface area (Å²) in [4.78, 5) is 99.6. The van der Waals surface area contributed by atoms with Crippen molar-refractivity contribution in [3.8, 4) is 40.2 Å². The monoisotopic (exact) mass is 1580 g/mol. The molecule has 30 nitrogen and oxygen atoms in total. The number of nitrogens with zero attached hydrogens (tertiary/aromatic N) is 16. The molecule has 0 spiro atoms. The quantitative estimate of drug-likeness (QED) is 0.0217. The van der Waals surface area contributed by atoms with Crippen LogP contribution in [0.1, 0.15) is 156 Å². The van der Waals surface area contributed by atoms with Gasteiger partial charge < -0.3 is 30.2 Å². The highest BCUT2D eigenvalue weighted by Gasteiger charge is 2.71. The van der Waals surface area contributed by atoms with Gasteiger partial charge in [-0.25, -0.2) is 57.0 Å². The number of pyridine rings is 6. The summed E-state index contributed by atoms with van der Waals surface area (Å²) in [5, 5.41) is 46.5. The van der Waals surface area contributed by atoms with Crippen molar-refractivity contribution in [1.82, 2.24) is 90.8 Å². The van der Waals surface area contributed by atoms with Gasteiger partial charge in [0, 0.05) is 118 Å². The fraction of sp³-hybridized carbons (Fsp3) is 0.377. The zero-order valence-electron chi connectivity index (χ0n) is 58.1. The first-order valence-corrected chi connectivity index (χ1v) is 34.8. The lowest BCUT2D eigenvalue weighted by Gasteiger charge is -2.66. The molecule has 5 amide bonds. The predicted octanol–water partition coefficient (Wildman–Crippen LogP) is 12.0. The van der Waals surface area contributed by atoms with Crippen LogP contribution in [0.2, 0.25) is 20.6 Å². The summed E-state index contributed by atoms with van der Waals surface area (Å²) in [5.41, 5.74) is -4.60. The van der Waals surface area contributed by atoms with E-state index in [2.05, 4.69) is 93.5 Å². The fourth-order valence-corrected chi connectivity index (χ4v) is 15.4. The van der Waals surface area contributed by atoms with E-state index >= 15 is 0 Å². The molecule has 109 heavy (non-hydrogen) atoms. The van der Waals surface area contributed by atoms with Gasteiger partial charge in [0.05, 0.1) is 51.7 Å². The molecule has 18 rings (SSSR count). The maximum absolute atomic E-state index is 15.0. The molecular formula is C69H61Cl4F6N21O9. The summed E-state index contributed by atoms with van der Waals surface area (Å²) in [6.07, 6.45) is -0.284. The third-order valence-corrected chi connectivity index (χ3v) is 20.8. The van der Waals surface area contributed by atoms with Gasteiger partial charge in [0.1, 0.15) is 61.6 Å². The number of amides is 5.